The van der Waals surface area contributed by atoms with E-state index in [1.807, 2.05) is 0 Å². The predicted octanol–water partition coefficient (Wildman–Crippen LogP) is 4.17. The molecule has 6 nitrogen and oxygen atoms in total. The molecule has 0 aromatic heterocycles. The standard InChI is InChI=1S/2C10H10F3NO2.2CH4/c2*11-7-4-9(13)8(12)2-5(7)1-6(14)3-10(15)16;;/h2*2,4,6H,1,3,14H2,(H,15,16);2*1H4/t6-;;;/m0.../s1. The number of benzene rings is 2. The summed E-state index contributed by atoms with van der Waals surface area (Å²) >= 11 is 0. The summed E-state index contributed by atoms with van der Waals surface area (Å²) in [6, 6.07) is 0.531. The number of aliphatic carboxylic acids is 2. The lowest BCUT2D eigenvalue weighted by molar-refractivity contribution is -0.138. The van der Waals surface area contributed by atoms with Gasteiger partial charge in [-0.2, -0.15) is 0 Å². The average molecular weight is 498 g/mol. The molecule has 6 N–H and O–H groups in total. The molecule has 34 heavy (non-hydrogen) atoms. The molecule has 0 spiro atoms. The van der Waals surface area contributed by atoms with Crippen molar-refractivity contribution in [1.82, 2.24) is 0 Å². The summed E-state index contributed by atoms with van der Waals surface area (Å²) in [6.45, 7) is 0. The Labute approximate surface area is 193 Å². The normalized spacial score (nSPS) is 11.8. The number of nitrogens with two attached hydrogens (primary N) is 2. The van der Waals surface area contributed by atoms with Gasteiger partial charge in [-0.05, 0) is 36.1 Å². The Hall–Kier alpha value is -3.12. The van der Waals surface area contributed by atoms with E-state index in [-0.39, 0.29) is 51.7 Å². The Morgan fingerprint density at radius 1 is 0.618 bits per heavy atom. The third-order valence-corrected chi connectivity index (χ3v) is 4.02. The molecule has 2 aromatic carbocycles. The van der Waals surface area contributed by atoms with Crippen molar-refractivity contribution in [1.29, 1.82) is 0 Å². The molecule has 0 saturated carbocycles. The monoisotopic (exact) mass is 498 g/mol. The Balaban J connectivity index is 0. The van der Waals surface area contributed by atoms with E-state index in [2.05, 4.69) is 0 Å². The van der Waals surface area contributed by atoms with Crippen LogP contribution in [0.15, 0.2) is 24.3 Å². The molecule has 2 atom stereocenters. The SMILES string of the molecule is C.C.NC(CC(=O)O)Cc1cc(F)c(F)cc1F.N[C@H](CC(=O)O)Cc1cc(F)c(F)cc1F. The number of halogens is 6. The van der Waals surface area contributed by atoms with Crippen LogP contribution in [-0.4, -0.2) is 34.2 Å². The van der Waals surface area contributed by atoms with Crippen molar-refractivity contribution in [3.8, 4) is 0 Å². The summed E-state index contributed by atoms with van der Waals surface area (Å²) in [5.74, 6) is -9.05. The van der Waals surface area contributed by atoms with Crippen LogP contribution < -0.4 is 11.5 Å². The summed E-state index contributed by atoms with van der Waals surface area (Å²) in [4.78, 5) is 20.6. The van der Waals surface area contributed by atoms with Crippen LogP contribution in [0, 0.1) is 34.9 Å². The van der Waals surface area contributed by atoms with E-state index >= 15 is 0 Å². The lowest BCUT2D eigenvalue weighted by Crippen LogP contribution is -2.26. The summed E-state index contributed by atoms with van der Waals surface area (Å²) in [6.07, 6.45) is -1.04. The van der Waals surface area contributed by atoms with Crippen molar-refractivity contribution in [2.24, 2.45) is 11.5 Å². The summed E-state index contributed by atoms with van der Waals surface area (Å²) in [5, 5.41) is 16.8. The van der Waals surface area contributed by atoms with E-state index in [0.29, 0.717) is 24.3 Å². The fourth-order valence-corrected chi connectivity index (χ4v) is 2.60. The van der Waals surface area contributed by atoms with Gasteiger partial charge in [0, 0.05) is 24.2 Å². The van der Waals surface area contributed by atoms with Gasteiger partial charge in [-0.15, -0.1) is 0 Å². The minimum absolute atomic E-state index is 0. The van der Waals surface area contributed by atoms with Gasteiger partial charge in [0.25, 0.3) is 0 Å². The molecule has 0 fully saturated rings. The number of hydrogen-bond donors (Lipinski definition) is 4. The maximum absolute atomic E-state index is 13.1. The van der Waals surface area contributed by atoms with Crippen LogP contribution in [0.4, 0.5) is 26.3 Å². The highest BCUT2D eigenvalue weighted by molar-refractivity contribution is 5.67. The van der Waals surface area contributed by atoms with E-state index in [1.165, 1.54) is 0 Å². The molecule has 0 bridgehead atoms. The van der Waals surface area contributed by atoms with E-state index in [9.17, 15) is 35.9 Å². The second-order valence-corrected chi connectivity index (χ2v) is 6.84. The molecule has 2 aromatic rings. The fraction of sp³-hybridized carbons (Fsp3) is 0.364. The molecule has 0 aliphatic carbocycles. The second kappa shape index (κ2) is 14.9. The summed E-state index contributed by atoms with van der Waals surface area (Å²) in [7, 11) is 0. The largest absolute Gasteiger partial charge is 0.481 e. The van der Waals surface area contributed by atoms with E-state index in [0.717, 1.165) is 0 Å². The number of carboxylic acid groups (broad SMARTS) is 2. The molecular formula is C22H28F6N2O4. The Morgan fingerprint density at radius 2 is 0.882 bits per heavy atom. The molecule has 0 amide bonds. The predicted molar refractivity (Wildman–Crippen MR) is 114 cm³/mol. The van der Waals surface area contributed by atoms with Crippen molar-refractivity contribution >= 4 is 11.9 Å². The van der Waals surface area contributed by atoms with Crippen LogP contribution in [0.3, 0.4) is 0 Å². The first-order valence-electron chi connectivity index (χ1n) is 9.01. The van der Waals surface area contributed by atoms with Gasteiger partial charge in [-0.25, -0.2) is 26.3 Å². The van der Waals surface area contributed by atoms with Crippen LogP contribution in [0.1, 0.15) is 38.8 Å². The summed E-state index contributed by atoms with van der Waals surface area (Å²) < 4.78 is 76.9. The average Bonchev–Trinajstić information content (AvgIpc) is 2.63. The Kier molecular flexibility index (Phi) is 14.5. The van der Waals surface area contributed by atoms with Gasteiger partial charge < -0.3 is 21.7 Å². The lowest BCUT2D eigenvalue weighted by atomic mass is 10.0. The Bertz CT molecular complexity index is 897. The zero-order valence-electron chi connectivity index (χ0n) is 16.4. The van der Waals surface area contributed by atoms with Crippen LogP contribution >= 0.6 is 0 Å². The first-order valence-corrected chi connectivity index (χ1v) is 9.01. The van der Waals surface area contributed by atoms with E-state index in [1.54, 1.807) is 0 Å². The molecule has 0 heterocycles. The van der Waals surface area contributed by atoms with Gasteiger partial charge in [0.2, 0.25) is 0 Å². The molecule has 192 valence electrons. The Morgan fingerprint density at radius 3 is 1.15 bits per heavy atom. The van der Waals surface area contributed by atoms with Crippen LogP contribution in [0.5, 0.6) is 0 Å². The highest BCUT2D eigenvalue weighted by Crippen LogP contribution is 2.16. The zero-order chi connectivity index (χ0) is 24.6. The summed E-state index contributed by atoms with van der Waals surface area (Å²) in [5.41, 5.74) is 10.5. The van der Waals surface area contributed by atoms with Gasteiger partial charge in [0.15, 0.2) is 23.3 Å². The fourth-order valence-electron chi connectivity index (χ4n) is 2.60. The van der Waals surface area contributed by atoms with Crippen LogP contribution in [0.2, 0.25) is 0 Å². The van der Waals surface area contributed by atoms with E-state index < -0.39 is 58.9 Å². The first kappa shape index (κ1) is 33.1. The number of carbonyl (C=O) groups is 2. The smallest absolute Gasteiger partial charge is 0.304 e. The number of hydrogen-bond acceptors (Lipinski definition) is 4. The molecule has 12 heteroatoms. The number of rotatable bonds is 8. The third-order valence-electron chi connectivity index (χ3n) is 4.02. The topological polar surface area (TPSA) is 127 Å². The third kappa shape index (κ3) is 11.1. The highest BCUT2D eigenvalue weighted by atomic mass is 19.2. The van der Waals surface area contributed by atoms with Crippen LogP contribution in [-0.2, 0) is 22.4 Å². The molecule has 0 aliphatic rings. The zero-order valence-corrected chi connectivity index (χ0v) is 16.4. The van der Waals surface area contributed by atoms with Crippen molar-refractivity contribution in [2.75, 3.05) is 0 Å². The van der Waals surface area contributed by atoms with Crippen molar-refractivity contribution in [2.45, 2.75) is 52.6 Å². The first-order chi connectivity index (χ1) is 14.8. The quantitative estimate of drug-likeness (QED) is 0.320. The van der Waals surface area contributed by atoms with Crippen molar-refractivity contribution < 1.29 is 46.1 Å². The highest BCUT2D eigenvalue weighted by Gasteiger charge is 2.16. The van der Waals surface area contributed by atoms with Gasteiger partial charge in [-0.1, -0.05) is 14.9 Å². The van der Waals surface area contributed by atoms with Crippen LogP contribution in [0.25, 0.3) is 0 Å². The molecule has 2 rings (SSSR count). The van der Waals surface area contributed by atoms with Gasteiger partial charge in [0.05, 0.1) is 12.8 Å². The van der Waals surface area contributed by atoms with Gasteiger partial charge in [0.1, 0.15) is 11.6 Å². The van der Waals surface area contributed by atoms with E-state index in [4.69, 9.17) is 21.7 Å². The maximum Gasteiger partial charge on any atom is 0.304 e. The molecule has 0 radical (unpaired) electrons. The second-order valence-electron chi connectivity index (χ2n) is 6.84. The number of carboxylic acids is 2. The molecule has 1 unspecified atom stereocenters. The maximum atomic E-state index is 13.1. The minimum Gasteiger partial charge on any atom is -0.481 e. The minimum atomic E-state index is -1.28. The van der Waals surface area contributed by atoms with Gasteiger partial charge in [-0.3, -0.25) is 9.59 Å². The van der Waals surface area contributed by atoms with Gasteiger partial charge >= 0.3 is 11.9 Å². The van der Waals surface area contributed by atoms with Crippen molar-refractivity contribution in [3.05, 3.63) is 70.3 Å². The lowest BCUT2D eigenvalue weighted by Gasteiger charge is -2.09. The molecule has 0 saturated heterocycles. The van der Waals surface area contributed by atoms with Crippen molar-refractivity contribution in [3.63, 3.8) is 0 Å². The molecular weight excluding hydrogens is 470 g/mol. The molecule has 0 aliphatic heterocycles.